The van der Waals surface area contributed by atoms with E-state index in [-0.39, 0.29) is 5.16 Å². The van der Waals surface area contributed by atoms with Gasteiger partial charge in [-0.1, -0.05) is 30.3 Å². The molecule has 0 saturated carbocycles. The van der Waals surface area contributed by atoms with Crippen molar-refractivity contribution in [2.75, 3.05) is 13.3 Å². The van der Waals surface area contributed by atoms with Crippen molar-refractivity contribution in [2.45, 2.75) is 11.0 Å². The first kappa shape index (κ1) is 20.3. The van der Waals surface area contributed by atoms with Crippen molar-refractivity contribution < 1.29 is 8.95 Å². The summed E-state index contributed by atoms with van der Waals surface area (Å²) in [5.74, 6) is -0.404. The van der Waals surface area contributed by atoms with E-state index >= 15 is 0 Å². The van der Waals surface area contributed by atoms with Crippen LogP contribution in [0, 0.1) is 0 Å². The molecule has 2 aromatic carbocycles. The van der Waals surface area contributed by atoms with Gasteiger partial charge in [0.25, 0.3) is 5.85 Å². The maximum Gasteiger partial charge on any atom is 0.286 e. The van der Waals surface area contributed by atoms with E-state index in [9.17, 15) is 4.21 Å². The summed E-state index contributed by atoms with van der Waals surface area (Å²) < 4.78 is 20.4. The van der Waals surface area contributed by atoms with Gasteiger partial charge in [0.1, 0.15) is 17.3 Å². The number of benzene rings is 2. The van der Waals surface area contributed by atoms with E-state index < -0.39 is 16.6 Å². The Morgan fingerprint density at radius 1 is 1.09 bits per heavy atom. The van der Waals surface area contributed by atoms with Crippen LogP contribution in [0.3, 0.4) is 0 Å². The standard InChI is InChI=1S/C22H21N7O2S/c1-28-13-25-16-11-15(9-10-18(16)28)31-22(23)19-17(12-24-21(27-19)32(3)30)26-20(29(22)2)14-7-5-4-6-8-14/h4-13H,23H2,1-3H3. The number of fused-ring (bicyclic) bond motifs is 2. The smallest absolute Gasteiger partial charge is 0.286 e. The van der Waals surface area contributed by atoms with Crippen molar-refractivity contribution in [3.63, 3.8) is 0 Å². The third-order valence-corrected chi connectivity index (χ3v) is 6.10. The number of aromatic nitrogens is 4. The van der Waals surface area contributed by atoms with E-state index in [1.165, 1.54) is 12.5 Å². The summed E-state index contributed by atoms with van der Waals surface area (Å²) >= 11 is 0. The molecule has 2 aromatic heterocycles. The average molecular weight is 448 g/mol. The zero-order valence-corrected chi connectivity index (χ0v) is 18.6. The molecule has 0 radical (unpaired) electrons. The van der Waals surface area contributed by atoms with E-state index in [0.717, 1.165) is 16.6 Å². The average Bonchev–Trinajstić information content (AvgIpc) is 3.16. The van der Waals surface area contributed by atoms with Gasteiger partial charge < -0.3 is 14.2 Å². The van der Waals surface area contributed by atoms with Gasteiger partial charge in [-0.25, -0.2) is 19.9 Å². The molecule has 0 bridgehead atoms. The van der Waals surface area contributed by atoms with E-state index in [1.54, 1.807) is 18.3 Å². The summed E-state index contributed by atoms with van der Waals surface area (Å²) in [6.45, 7) is 0. The zero-order valence-electron chi connectivity index (χ0n) is 17.8. The van der Waals surface area contributed by atoms with Gasteiger partial charge >= 0.3 is 0 Å². The quantitative estimate of drug-likeness (QED) is 0.377. The second-order valence-electron chi connectivity index (χ2n) is 7.51. The van der Waals surface area contributed by atoms with Crippen molar-refractivity contribution in [1.29, 1.82) is 0 Å². The number of hydrogen-bond donors (Lipinski definition) is 1. The molecule has 0 aliphatic carbocycles. The Bertz CT molecular complexity index is 1390. The molecule has 0 saturated heterocycles. The molecule has 1 aliphatic heterocycles. The zero-order chi connectivity index (χ0) is 22.5. The molecule has 2 N–H and O–H groups in total. The molecule has 32 heavy (non-hydrogen) atoms. The molecule has 9 nitrogen and oxygen atoms in total. The van der Waals surface area contributed by atoms with Gasteiger partial charge in [0, 0.05) is 32.0 Å². The lowest BCUT2D eigenvalue weighted by Crippen LogP contribution is -2.60. The molecule has 0 amide bonds. The molecule has 2 unspecified atom stereocenters. The highest BCUT2D eigenvalue weighted by atomic mass is 32.2. The Hall–Kier alpha value is -3.63. The molecule has 1 aliphatic rings. The van der Waals surface area contributed by atoms with Gasteiger partial charge in [0.2, 0.25) is 5.16 Å². The lowest BCUT2D eigenvalue weighted by molar-refractivity contribution is -0.0383. The molecule has 5 rings (SSSR count). The molecular formula is C22H21N7O2S. The van der Waals surface area contributed by atoms with Crippen LogP contribution in [0.4, 0.5) is 5.69 Å². The number of aliphatic imine (C=N–C) groups is 1. The first-order valence-corrected chi connectivity index (χ1v) is 11.4. The largest absolute Gasteiger partial charge is 0.449 e. The van der Waals surface area contributed by atoms with Crippen LogP contribution >= 0.6 is 0 Å². The minimum atomic E-state index is -1.53. The summed E-state index contributed by atoms with van der Waals surface area (Å²) in [4.78, 5) is 19.5. The topological polar surface area (TPSA) is 112 Å². The summed E-state index contributed by atoms with van der Waals surface area (Å²) in [6, 6.07) is 15.2. The lowest BCUT2D eigenvalue weighted by atomic mass is 10.1. The van der Waals surface area contributed by atoms with Crippen molar-refractivity contribution in [3.8, 4) is 5.75 Å². The van der Waals surface area contributed by atoms with E-state index in [0.29, 0.717) is 23.0 Å². The summed E-state index contributed by atoms with van der Waals surface area (Å²) in [7, 11) is 2.33. The van der Waals surface area contributed by atoms with Crippen LogP contribution in [0.1, 0.15) is 11.3 Å². The second kappa shape index (κ2) is 7.50. The number of imidazole rings is 1. The fourth-order valence-electron chi connectivity index (χ4n) is 3.67. The Labute approximate surface area is 187 Å². The van der Waals surface area contributed by atoms with Crippen molar-refractivity contribution in [1.82, 2.24) is 24.4 Å². The summed E-state index contributed by atoms with van der Waals surface area (Å²) in [6.07, 6.45) is 4.79. The highest BCUT2D eigenvalue weighted by Gasteiger charge is 2.44. The normalized spacial score (nSPS) is 18.9. The molecule has 0 spiro atoms. The van der Waals surface area contributed by atoms with Crippen molar-refractivity contribution >= 4 is 33.4 Å². The Balaban J connectivity index is 1.66. The third-order valence-electron chi connectivity index (χ3n) is 5.39. The first-order chi connectivity index (χ1) is 15.4. The minimum Gasteiger partial charge on any atom is -0.449 e. The number of hydrogen-bond acceptors (Lipinski definition) is 8. The predicted molar refractivity (Wildman–Crippen MR) is 122 cm³/mol. The van der Waals surface area contributed by atoms with Gasteiger partial charge in [-0.05, 0) is 12.1 Å². The molecule has 162 valence electrons. The van der Waals surface area contributed by atoms with Crippen LogP contribution < -0.4 is 10.5 Å². The summed E-state index contributed by atoms with van der Waals surface area (Å²) in [5, 5.41) is 0.161. The minimum absolute atomic E-state index is 0.161. The monoisotopic (exact) mass is 447 g/mol. The maximum atomic E-state index is 12.1. The van der Waals surface area contributed by atoms with E-state index in [1.807, 2.05) is 60.1 Å². The third kappa shape index (κ3) is 3.24. The first-order valence-electron chi connectivity index (χ1n) is 9.84. The number of amidine groups is 1. The number of aryl methyl sites for hydroxylation is 1. The number of nitrogens with two attached hydrogens (primary N) is 1. The summed E-state index contributed by atoms with van der Waals surface area (Å²) in [5.41, 5.74) is 10.3. The van der Waals surface area contributed by atoms with Crippen LogP contribution in [0.2, 0.25) is 0 Å². The molecule has 2 atom stereocenters. The molecular weight excluding hydrogens is 426 g/mol. The molecule has 10 heteroatoms. The predicted octanol–water partition coefficient (Wildman–Crippen LogP) is 2.27. The highest BCUT2D eigenvalue weighted by Crippen LogP contribution is 2.37. The van der Waals surface area contributed by atoms with E-state index in [2.05, 4.69) is 15.0 Å². The lowest BCUT2D eigenvalue weighted by Gasteiger charge is -2.42. The molecule has 4 aromatic rings. The van der Waals surface area contributed by atoms with Crippen molar-refractivity contribution in [3.05, 3.63) is 72.3 Å². The Morgan fingerprint density at radius 2 is 1.88 bits per heavy atom. The van der Waals surface area contributed by atoms with Crippen LogP contribution in [0.15, 0.2) is 71.2 Å². The van der Waals surface area contributed by atoms with Gasteiger partial charge in [-0.2, -0.15) is 0 Å². The van der Waals surface area contributed by atoms with E-state index in [4.69, 9.17) is 15.5 Å². The van der Waals surface area contributed by atoms with Crippen LogP contribution in [0.5, 0.6) is 5.75 Å². The van der Waals surface area contributed by atoms with Gasteiger partial charge in [0.05, 0.1) is 34.4 Å². The second-order valence-corrected chi connectivity index (χ2v) is 8.78. The SMILES string of the molecule is CN1C(c2ccccc2)=Nc2cnc(S(C)=O)nc2C1(N)Oc1ccc2c(c1)ncn2C. The van der Waals surface area contributed by atoms with Crippen LogP contribution in [-0.4, -0.2) is 47.8 Å². The number of nitrogens with zero attached hydrogens (tertiary/aromatic N) is 6. The molecule has 0 fully saturated rings. The highest BCUT2D eigenvalue weighted by molar-refractivity contribution is 7.84. The number of ether oxygens (including phenoxy) is 1. The molecule has 3 heterocycles. The van der Waals surface area contributed by atoms with Gasteiger partial charge in [-0.15, -0.1) is 0 Å². The van der Waals surface area contributed by atoms with Gasteiger partial charge in [-0.3, -0.25) is 9.94 Å². The Kier molecular flexibility index (Phi) is 4.75. The van der Waals surface area contributed by atoms with Gasteiger partial charge in [0.15, 0.2) is 5.69 Å². The van der Waals surface area contributed by atoms with Crippen molar-refractivity contribution in [2.24, 2.45) is 17.8 Å². The fraction of sp³-hybridized carbons (Fsp3) is 0.182. The maximum absolute atomic E-state index is 12.1. The van der Waals surface area contributed by atoms with Crippen LogP contribution in [-0.2, 0) is 23.7 Å². The van der Waals surface area contributed by atoms with Crippen LogP contribution in [0.25, 0.3) is 11.0 Å². The number of rotatable bonds is 4. The Morgan fingerprint density at radius 3 is 2.62 bits per heavy atom. The fourth-order valence-corrected chi connectivity index (χ4v) is 4.09.